The Morgan fingerprint density at radius 3 is 2.65 bits per heavy atom. The predicted molar refractivity (Wildman–Crippen MR) is 84.0 cm³/mol. The molecule has 0 bridgehead atoms. The molecule has 0 amide bonds. The van der Waals surface area contributed by atoms with Gasteiger partial charge in [0.1, 0.15) is 0 Å². The van der Waals surface area contributed by atoms with Crippen LogP contribution in [0.25, 0.3) is 21.5 Å². The molecule has 0 aliphatic heterocycles. The summed E-state index contributed by atoms with van der Waals surface area (Å²) in [5, 5.41) is 5.39. The minimum Gasteiger partial charge on any atom is -0.412 e. The lowest BCUT2D eigenvalue weighted by atomic mass is 9.85. The third-order valence-electron chi connectivity index (χ3n) is 4.46. The predicted octanol–water partition coefficient (Wildman–Crippen LogP) is 4.47. The molecule has 0 fully saturated rings. The Hall–Kier alpha value is -1.64. The van der Waals surface area contributed by atoms with E-state index in [2.05, 4.69) is 59.0 Å². The topological polar surface area (TPSA) is 9.23 Å². The van der Waals surface area contributed by atoms with Gasteiger partial charge in [-0.15, -0.1) is 0 Å². The van der Waals surface area contributed by atoms with Crippen LogP contribution in [-0.2, 0) is 10.8 Å². The van der Waals surface area contributed by atoms with Crippen molar-refractivity contribution in [2.75, 3.05) is 0 Å². The van der Waals surface area contributed by atoms with Crippen LogP contribution >= 0.6 is 0 Å². The van der Waals surface area contributed by atoms with E-state index in [0.29, 0.717) is 0 Å². The summed E-state index contributed by atoms with van der Waals surface area (Å²) in [6.07, 6.45) is 3.62. The molecule has 1 aliphatic carbocycles. The van der Waals surface area contributed by atoms with Gasteiger partial charge in [0.05, 0.1) is 6.10 Å². The van der Waals surface area contributed by atoms with Crippen LogP contribution in [0.1, 0.15) is 30.1 Å². The van der Waals surface area contributed by atoms with Crippen molar-refractivity contribution in [3.05, 3.63) is 59.7 Å². The molecule has 1 aliphatic rings. The molecule has 1 nitrogen and oxygen atoms in total. The van der Waals surface area contributed by atoms with E-state index >= 15 is 0 Å². The molecule has 3 aromatic rings. The molecule has 20 heavy (non-hydrogen) atoms. The van der Waals surface area contributed by atoms with E-state index in [0.717, 1.165) is 12.8 Å². The minimum absolute atomic E-state index is 0.186. The second-order valence-corrected chi connectivity index (χ2v) is 5.75. The summed E-state index contributed by atoms with van der Waals surface area (Å²) in [7, 11) is 3.24. The molecule has 97 valence electrons. The van der Waals surface area contributed by atoms with Crippen LogP contribution < -0.4 is 0 Å². The first-order valence-electron chi connectivity index (χ1n) is 7.14. The summed E-state index contributed by atoms with van der Waals surface area (Å²) in [5.41, 5.74) is 2.80. The van der Waals surface area contributed by atoms with E-state index in [1.165, 1.54) is 39.1 Å². The normalized spacial score (nSPS) is 18.4. The maximum absolute atomic E-state index is 5.46. The van der Waals surface area contributed by atoms with Crippen molar-refractivity contribution in [2.24, 2.45) is 0 Å². The molecular weight excluding hydrogens is 260 g/mol. The fourth-order valence-electron chi connectivity index (χ4n) is 3.49. The van der Waals surface area contributed by atoms with Crippen molar-refractivity contribution in [3.8, 4) is 0 Å². The van der Waals surface area contributed by atoms with Crippen molar-refractivity contribution in [3.63, 3.8) is 0 Å². The van der Waals surface area contributed by atoms with Crippen LogP contribution in [0.4, 0.5) is 0 Å². The highest BCUT2D eigenvalue weighted by Crippen LogP contribution is 2.38. The zero-order chi connectivity index (χ0) is 13.5. The molecule has 0 saturated carbocycles. The summed E-state index contributed by atoms with van der Waals surface area (Å²) in [6, 6.07) is 17.6. The zero-order valence-electron chi connectivity index (χ0n) is 11.2. The van der Waals surface area contributed by atoms with Crippen LogP contribution in [0.2, 0.25) is 0 Å². The Kier molecular flexibility index (Phi) is 2.86. The van der Waals surface area contributed by atoms with E-state index < -0.39 is 0 Å². The number of fused-ring (bicyclic) bond motifs is 5. The summed E-state index contributed by atoms with van der Waals surface area (Å²) in [4.78, 5) is 0. The molecule has 3 aromatic carbocycles. The first-order chi connectivity index (χ1) is 9.88. The fraction of sp³-hybridized carbons (Fsp3) is 0.222. The highest BCUT2D eigenvalue weighted by molar-refractivity contribution is 6.08. The third kappa shape index (κ3) is 1.72. The quantitative estimate of drug-likeness (QED) is 0.470. The van der Waals surface area contributed by atoms with Crippen LogP contribution in [0, 0.1) is 0 Å². The first-order valence-corrected chi connectivity index (χ1v) is 7.55. The highest BCUT2D eigenvalue weighted by Gasteiger charge is 2.21. The van der Waals surface area contributed by atoms with Gasteiger partial charge in [-0.2, -0.15) is 0 Å². The van der Waals surface area contributed by atoms with Crippen LogP contribution in [0.15, 0.2) is 48.5 Å². The number of hydrogen-bond acceptors (Lipinski definition) is 1. The van der Waals surface area contributed by atoms with E-state index in [-0.39, 0.29) is 6.10 Å². The third-order valence-corrected chi connectivity index (χ3v) is 4.74. The van der Waals surface area contributed by atoms with Gasteiger partial charge >= 0.3 is 0 Å². The standard InChI is InChI=1S/C18H15OSi/c20-19-18-7-3-6-14-16-9-8-12-4-1-2-5-13(12)15(16)10-11-17(14)18/h1-2,4-5,8-11,18H,3,6-7H2. The van der Waals surface area contributed by atoms with Crippen molar-refractivity contribution < 1.29 is 4.43 Å². The monoisotopic (exact) mass is 275 g/mol. The molecule has 0 heterocycles. The Bertz CT molecular complexity index is 794. The van der Waals surface area contributed by atoms with Gasteiger partial charge in [0, 0.05) is 0 Å². The Morgan fingerprint density at radius 2 is 1.75 bits per heavy atom. The molecule has 0 N–H and O–H groups in total. The van der Waals surface area contributed by atoms with Crippen LogP contribution in [-0.4, -0.2) is 10.5 Å². The van der Waals surface area contributed by atoms with Crippen LogP contribution in [0.5, 0.6) is 0 Å². The van der Waals surface area contributed by atoms with E-state index in [9.17, 15) is 0 Å². The molecule has 0 aromatic heterocycles. The maximum Gasteiger partial charge on any atom is 0.247 e. The zero-order valence-corrected chi connectivity index (χ0v) is 12.2. The molecule has 0 saturated heterocycles. The molecule has 2 heteroatoms. The molecule has 0 spiro atoms. The van der Waals surface area contributed by atoms with Crippen molar-refractivity contribution in [2.45, 2.75) is 25.4 Å². The maximum atomic E-state index is 5.46. The van der Waals surface area contributed by atoms with Gasteiger partial charge in [-0.3, -0.25) is 0 Å². The van der Waals surface area contributed by atoms with E-state index in [1.54, 1.807) is 0 Å². The summed E-state index contributed by atoms with van der Waals surface area (Å²) in [6.45, 7) is 0. The smallest absolute Gasteiger partial charge is 0.247 e. The minimum atomic E-state index is 0.186. The number of aryl methyl sites for hydroxylation is 1. The van der Waals surface area contributed by atoms with Crippen molar-refractivity contribution >= 4 is 32.0 Å². The summed E-state index contributed by atoms with van der Waals surface area (Å²) < 4.78 is 5.46. The highest BCUT2D eigenvalue weighted by atomic mass is 28.2. The molecule has 1 unspecified atom stereocenters. The number of rotatable bonds is 1. The van der Waals surface area contributed by atoms with Gasteiger partial charge in [0.15, 0.2) is 0 Å². The molecule has 1 atom stereocenters. The number of benzene rings is 3. The SMILES string of the molecule is [Si]OC1CCCc2c1ccc1c2ccc2ccccc21. The van der Waals surface area contributed by atoms with E-state index in [4.69, 9.17) is 4.43 Å². The van der Waals surface area contributed by atoms with Gasteiger partial charge in [0.2, 0.25) is 10.5 Å². The van der Waals surface area contributed by atoms with Crippen LogP contribution in [0.3, 0.4) is 0 Å². The Morgan fingerprint density at radius 1 is 0.900 bits per heavy atom. The second-order valence-electron chi connectivity index (χ2n) is 5.51. The van der Waals surface area contributed by atoms with Gasteiger partial charge in [-0.25, -0.2) is 0 Å². The lowest BCUT2D eigenvalue weighted by molar-refractivity contribution is 0.202. The lowest BCUT2D eigenvalue weighted by Crippen LogP contribution is -2.12. The second kappa shape index (κ2) is 4.72. The Labute approximate surface area is 122 Å². The molecule has 3 radical (unpaired) electrons. The van der Waals surface area contributed by atoms with Gasteiger partial charge in [0.25, 0.3) is 0 Å². The average molecular weight is 275 g/mol. The summed E-state index contributed by atoms with van der Waals surface area (Å²) >= 11 is 0. The molecule has 4 rings (SSSR count). The van der Waals surface area contributed by atoms with Gasteiger partial charge in [-0.1, -0.05) is 48.5 Å². The van der Waals surface area contributed by atoms with Gasteiger partial charge in [-0.05, 0) is 51.9 Å². The van der Waals surface area contributed by atoms with E-state index in [1.807, 2.05) is 0 Å². The average Bonchev–Trinajstić information content (AvgIpc) is 2.53. The largest absolute Gasteiger partial charge is 0.412 e. The fourth-order valence-corrected chi connectivity index (χ4v) is 3.74. The van der Waals surface area contributed by atoms with Crippen molar-refractivity contribution in [1.29, 1.82) is 0 Å². The number of hydrogen-bond donors (Lipinski definition) is 0. The Balaban J connectivity index is 2.07. The lowest BCUT2D eigenvalue weighted by Gasteiger charge is -2.26. The van der Waals surface area contributed by atoms with Crippen molar-refractivity contribution in [1.82, 2.24) is 0 Å². The molecular formula is C18H15OSi. The van der Waals surface area contributed by atoms with Gasteiger partial charge < -0.3 is 4.43 Å². The summed E-state index contributed by atoms with van der Waals surface area (Å²) in [5.74, 6) is 0. The first kappa shape index (κ1) is 12.1.